The second-order valence-electron chi connectivity index (χ2n) is 7.18. The summed E-state index contributed by atoms with van der Waals surface area (Å²) >= 11 is 0. The van der Waals surface area contributed by atoms with E-state index in [-0.39, 0.29) is 5.91 Å². The van der Waals surface area contributed by atoms with Crippen LogP contribution in [0.3, 0.4) is 0 Å². The van der Waals surface area contributed by atoms with Gasteiger partial charge in [0, 0.05) is 49.3 Å². The van der Waals surface area contributed by atoms with E-state index in [2.05, 4.69) is 31.7 Å². The van der Waals surface area contributed by atoms with Crippen molar-refractivity contribution in [1.29, 1.82) is 0 Å². The SMILES string of the molecule is CCCN1CC[C@H]2[C@@H]1CCN2C(=O)c1cnc(-c2cccnc2)nc1C. The summed E-state index contributed by atoms with van der Waals surface area (Å²) in [6, 6.07) is 4.65. The molecule has 2 aliphatic heterocycles. The summed E-state index contributed by atoms with van der Waals surface area (Å²) in [5.41, 5.74) is 2.21. The second-order valence-corrected chi connectivity index (χ2v) is 7.18. The number of amides is 1. The topological polar surface area (TPSA) is 62.2 Å². The fraction of sp³-hybridized carbons (Fsp3) is 0.500. The van der Waals surface area contributed by atoms with Gasteiger partial charge in [0.25, 0.3) is 5.91 Å². The van der Waals surface area contributed by atoms with Gasteiger partial charge >= 0.3 is 0 Å². The molecule has 4 rings (SSSR count). The van der Waals surface area contributed by atoms with Gasteiger partial charge in [-0.15, -0.1) is 0 Å². The van der Waals surface area contributed by atoms with Gasteiger partial charge in [0.05, 0.1) is 11.3 Å². The van der Waals surface area contributed by atoms with Crippen molar-refractivity contribution in [3.8, 4) is 11.4 Å². The number of carbonyl (C=O) groups excluding carboxylic acids is 1. The number of fused-ring (bicyclic) bond motifs is 1. The Morgan fingerprint density at radius 1 is 1.23 bits per heavy atom. The molecule has 2 aromatic rings. The highest BCUT2D eigenvalue weighted by atomic mass is 16.2. The van der Waals surface area contributed by atoms with E-state index < -0.39 is 0 Å². The van der Waals surface area contributed by atoms with Crippen LogP contribution in [0, 0.1) is 6.92 Å². The number of aryl methyl sites for hydroxylation is 1. The Labute approximate surface area is 154 Å². The lowest BCUT2D eigenvalue weighted by molar-refractivity contribution is 0.0730. The Bertz CT molecular complexity index is 794. The van der Waals surface area contributed by atoms with Crippen LogP contribution in [0.4, 0.5) is 0 Å². The van der Waals surface area contributed by atoms with Crippen LogP contribution >= 0.6 is 0 Å². The number of hydrogen-bond acceptors (Lipinski definition) is 5. The van der Waals surface area contributed by atoms with Crippen molar-refractivity contribution in [2.75, 3.05) is 19.6 Å². The molecule has 0 saturated carbocycles. The first-order valence-corrected chi connectivity index (χ1v) is 9.48. The maximum absolute atomic E-state index is 13.1. The highest BCUT2D eigenvalue weighted by Gasteiger charge is 2.44. The molecule has 0 bridgehead atoms. The third kappa shape index (κ3) is 2.98. The first-order chi connectivity index (χ1) is 12.7. The van der Waals surface area contributed by atoms with Crippen molar-refractivity contribution in [1.82, 2.24) is 24.8 Å². The lowest BCUT2D eigenvalue weighted by Gasteiger charge is -2.25. The van der Waals surface area contributed by atoms with Crippen molar-refractivity contribution in [2.45, 2.75) is 45.2 Å². The Hall–Kier alpha value is -2.34. The fourth-order valence-corrected chi connectivity index (χ4v) is 4.36. The van der Waals surface area contributed by atoms with Crippen LogP contribution in [-0.2, 0) is 0 Å². The highest BCUT2D eigenvalue weighted by molar-refractivity contribution is 5.95. The van der Waals surface area contributed by atoms with Crippen molar-refractivity contribution < 1.29 is 4.79 Å². The lowest BCUT2D eigenvalue weighted by atomic mass is 10.1. The molecule has 0 radical (unpaired) electrons. The molecule has 0 unspecified atom stereocenters. The number of pyridine rings is 1. The van der Waals surface area contributed by atoms with Crippen molar-refractivity contribution in [3.05, 3.63) is 42.0 Å². The molecule has 0 spiro atoms. The summed E-state index contributed by atoms with van der Waals surface area (Å²) in [5, 5.41) is 0. The second kappa shape index (κ2) is 7.11. The van der Waals surface area contributed by atoms with Crippen LogP contribution in [0.2, 0.25) is 0 Å². The van der Waals surface area contributed by atoms with Gasteiger partial charge in [-0.25, -0.2) is 9.97 Å². The van der Waals surface area contributed by atoms with Crippen LogP contribution in [0.1, 0.15) is 42.2 Å². The van der Waals surface area contributed by atoms with Gasteiger partial charge in [-0.2, -0.15) is 0 Å². The molecule has 2 atom stereocenters. The van der Waals surface area contributed by atoms with Gasteiger partial charge in [-0.1, -0.05) is 6.92 Å². The standard InChI is InChI=1S/C20H25N5O/c1-3-9-24-10-6-18-17(24)7-11-25(18)20(26)16-13-22-19(23-14(16)2)15-5-4-8-21-12-15/h4-5,8,12-13,17-18H,3,6-7,9-11H2,1-2H3/t17-,18-/m0/s1. The molecule has 4 heterocycles. The van der Waals surface area contributed by atoms with E-state index in [1.165, 1.54) is 6.42 Å². The Morgan fingerprint density at radius 3 is 2.81 bits per heavy atom. The van der Waals surface area contributed by atoms with E-state index in [0.29, 0.717) is 23.5 Å². The van der Waals surface area contributed by atoms with Gasteiger partial charge in [0.2, 0.25) is 0 Å². The Morgan fingerprint density at radius 2 is 2.08 bits per heavy atom. The Balaban J connectivity index is 1.54. The zero-order valence-corrected chi connectivity index (χ0v) is 15.4. The van der Waals surface area contributed by atoms with Gasteiger partial charge in [-0.05, 0) is 44.9 Å². The lowest BCUT2D eigenvalue weighted by Crippen LogP contribution is -2.40. The predicted octanol–water partition coefficient (Wildman–Crippen LogP) is 2.55. The minimum Gasteiger partial charge on any atom is -0.334 e. The van der Waals surface area contributed by atoms with Crippen LogP contribution in [0.25, 0.3) is 11.4 Å². The van der Waals surface area contributed by atoms with E-state index >= 15 is 0 Å². The summed E-state index contributed by atoms with van der Waals surface area (Å²) in [7, 11) is 0. The number of aromatic nitrogens is 3. The average molecular weight is 351 g/mol. The smallest absolute Gasteiger partial charge is 0.257 e. The zero-order chi connectivity index (χ0) is 18.1. The molecule has 6 nitrogen and oxygen atoms in total. The molecule has 1 amide bonds. The highest BCUT2D eigenvalue weighted by Crippen LogP contribution is 2.33. The number of carbonyl (C=O) groups is 1. The normalized spacial score (nSPS) is 22.6. The molecule has 136 valence electrons. The Kier molecular flexibility index (Phi) is 4.68. The summed E-state index contributed by atoms with van der Waals surface area (Å²) in [4.78, 5) is 30.8. The molecule has 0 N–H and O–H groups in total. The monoisotopic (exact) mass is 351 g/mol. The third-order valence-electron chi connectivity index (χ3n) is 5.59. The van der Waals surface area contributed by atoms with E-state index in [1.54, 1.807) is 18.6 Å². The average Bonchev–Trinajstić information content (AvgIpc) is 3.25. The van der Waals surface area contributed by atoms with Crippen LogP contribution in [-0.4, -0.2) is 62.4 Å². The summed E-state index contributed by atoms with van der Waals surface area (Å²) < 4.78 is 0. The summed E-state index contributed by atoms with van der Waals surface area (Å²) in [6.45, 7) is 7.17. The molecule has 2 aliphatic rings. The van der Waals surface area contributed by atoms with Crippen LogP contribution in [0.5, 0.6) is 0 Å². The molecular formula is C20H25N5O. The molecule has 6 heteroatoms. The number of nitrogens with zero attached hydrogens (tertiary/aromatic N) is 5. The molecule has 26 heavy (non-hydrogen) atoms. The van der Waals surface area contributed by atoms with E-state index in [4.69, 9.17) is 0 Å². The van der Waals surface area contributed by atoms with E-state index in [0.717, 1.165) is 43.7 Å². The summed E-state index contributed by atoms with van der Waals surface area (Å²) in [5.74, 6) is 0.688. The minimum absolute atomic E-state index is 0.0751. The first-order valence-electron chi connectivity index (χ1n) is 9.48. The molecule has 2 aromatic heterocycles. The maximum atomic E-state index is 13.1. The molecule has 2 fully saturated rings. The number of rotatable bonds is 4. The van der Waals surface area contributed by atoms with E-state index in [1.807, 2.05) is 19.1 Å². The summed E-state index contributed by atoms with van der Waals surface area (Å²) in [6.07, 6.45) is 8.46. The first kappa shape index (κ1) is 17.1. The van der Waals surface area contributed by atoms with Crippen LogP contribution < -0.4 is 0 Å². The molecular weight excluding hydrogens is 326 g/mol. The minimum atomic E-state index is 0.0751. The van der Waals surface area contributed by atoms with Crippen molar-refractivity contribution in [3.63, 3.8) is 0 Å². The zero-order valence-electron chi connectivity index (χ0n) is 15.4. The molecule has 2 saturated heterocycles. The molecule has 0 aliphatic carbocycles. The fourth-order valence-electron chi connectivity index (χ4n) is 4.36. The van der Waals surface area contributed by atoms with Gasteiger partial charge < -0.3 is 4.90 Å². The molecule has 0 aromatic carbocycles. The largest absolute Gasteiger partial charge is 0.334 e. The van der Waals surface area contributed by atoms with Gasteiger partial charge in [-0.3, -0.25) is 14.7 Å². The third-order valence-corrected chi connectivity index (χ3v) is 5.59. The van der Waals surface area contributed by atoms with Gasteiger partial charge in [0.15, 0.2) is 5.82 Å². The van der Waals surface area contributed by atoms with E-state index in [9.17, 15) is 4.79 Å². The van der Waals surface area contributed by atoms with Crippen molar-refractivity contribution in [2.24, 2.45) is 0 Å². The quantitative estimate of drug-likeness (QED) is 0.847. The van der Waals surface area contributed by atoms with Crippen molar-refractivity contribution >= 4 is 5.91 Å². The number of hydrogen-bond donors (Lipinski definition) is 0. The maximum Gasteiger partial charge on any atom is 0.257 e. The predicted molar refractivity (Wildman–Crippen MR) is 99.7 cm³/mol. The van der Waals surface area contributed by atoms with Gasteiger partial charge in [0.1, 0.15) is 0 Å². The number of likely N-dealkylation sites (tertiary alicyclic amines) is 2. The van der Waals surface area contributed by atoms with Crippen LogP contribution in [0.15, 0.2) is 30.7 Å².